The fourth-order valence-corrected chi connectivity index (χ4v) is 7.86. The van der Waals surface area contributed by atoms with Gasteiger partial charge in [-0.2, -0.15) is 22.5 Å². The van der Waals surface area contributed by atoms with Crippen LogP contribution in [0.4, 0.5) is 13.2 Å². The number of carbonyl (C=O) groups is 2. The number of alkyl halides is 3. The lowest BCUT2D eigenvalue weighted by Crippen LogP contribution is -2.34. The average Bonchev–Trinajstić information content (AvgIpc) is 3.31. The van der Waals surface area contributed by atoms with Crippen molar-refractivity contribution in [2.45, 2.75) is 76.3 Å². The highest BCUT2D eigenvalue weighted by molar-refractivity contribution is 7.89. The Morgan fingerprint density at radius 2 is 1.74 bits per heavy atom. The SMILES string of the molecule is COc1cc(C)c(S(=O)(=O)N(Cc2noc(C(=O)N(C)Cc3nc(CN4CCCC4)cs3)n2)C2CC2)c(C)c1.O=C(O)C(F)(F)F. The lowest BCUT2D eigenvalue weighted by atomic mass is 10.1. The van der Waals surface area contributed by atoms with Crippen LogP contribution in [-0.2, 0) is 34.5 Å². The fourth-order valence-electron chi connectivity index (χ4n) is 4.97. The van der Waals surface area contributed by atoms with Gasteiger partial charge in [-0.1, -0.05) is 5.16 Å². The maximum Gasteiger partial charge on any atom is 0.490 e. The van der Waals surface area contributed by atoms with Crippen LogP contribution in [0.2, 0.25) is 0 Å². The van der Waals surface area contributed by atoms with Crippen LogP contribution in [0.25, 0.3) is 0 Å². The number of carboxylic acid groups (broad SMARTS) is 1. The van der Waals surface area contributed by atoms with Crippen molar-refractivity contribution in [3.8, 4) is 5.75 Å². The molecule has 0 unspecified atom stereocenters. The molecule has 1 aliphatic carbocycles. The van der Waals surface area contributed by atoms with E-state index >= 15 is 0 Å². The predicted octanol–water partition coefficient (Wildman–Crippen LogP) is 4.01. The summed E-state index contributed by atoms with van der Waals surface area (Å²) < 4.78 is 71.2. The number of benzene rings is 1. The van der Waals surface area contributed by atoms with Crippen LogP contribution >= 0.6 is 11.3 Å². The summed E-state index contributed by atoms with van der Waals surface area (Å²) >= 11 is 1.52. The summed E-state index contributed by atoms with van der Waals surface area (Å²) in [5.74, 6) is -2.62. The highest BCUT2D eigenvalue weighted by atomic mass is 32.2. The van der Waals surface area contributed by atoms with Crippen LogP contribution in [-0.4, -0.2) is 94.1 Å². The first-order chi connectivity index (χ1) is 21.6. The van der Waals surface area contributed by atoms with Gasteiger partial charge in [0.25, 0.3) is 0 Å². The van der Waals surface area contributed by atoms with Gasteiger partial charge in [-0.25, -0.2) is 18.2 Å². The number of halogens is 3. The van der Waals surface area contributed by atoms with E-state index in [4.69, 9.17) is 19.2 Å². The van der Waals surface area contributed by atoms with Crippen molar-refractivity contribution in [2.24, 2.45) is 0 Å². The number of aliphatic carboxylic acids is 1. The Morgan fingerprint density at radius 3 is 2.28 bits per heavy atom. The molecular formula is C28H35F3N6O7S2. The van der Waals surface area contributed by atoms with Gasteiger partial charge in [0.05, 0.1) is 30.8 Å². The fraction of sp³-hybridized carbons (Fsp3) is 0.536. The number of hydrogen-bond acceptors (Lipinski definition) is 11. The highest BCUT2D eigenvalue weighted by Gasteiger charge is 2.41. The summed E-state index contributed by atoms with van der Waals surface area (Å²) in [5, 5.41) is 13.9. The lowest BCUT2D eigenvalue weighted by Gasteiger charge is -2.23. The largest absolute Gasteiger partial charge is 0.497 e. The third-order valence-electron chi connectivity index (χ3n) is 7.28. The molecule has 1 saturated heterocycles. The molecule has 1 aliphatic heterocycles. The topological polar surface area (TPSA) is 159 Å². The van der Waals surface area contributed by atoms with Crippen molar-refractivity contribution in [2.75, 3.05) is 27.2 Å². The first-order valence-corrected chi connectivity index (χ1v) is 16.6. The molecule has 2 aromatic heterocycles. The lowest BCUT2D eigenvalue weighted by molar-refractivity contribution is -0.192. The van der Waals surface area contributed by atoms with Crippen LogP contribution in [0.3, 0.4) is 0 Å². The molecule has 252 valence electrons. The second-order valence-corrected chi connectivity index (χ2v) is 13.8. The van der Waals surface area contributed by atoms with Crippen molar-refractivity contribution in [3.63, 3.8) is 0 Å². The van der Waals surface area contributed by atoms with E-state index in [9.17, 15) is 26.4 Å². The van der Waals surface area contributed by atoms with E-state index in [2.05, 4.69) is 20.0 Å². The molecule has 1 amide bonds. The number of likely N-dealkylation sites (tertiary alicyclic amines) is 1. The molecule has 18 heteroatoms. The van der Waals surface area contributed by atoms with Crippen LogP contribution in [0.1, 0.15) is 64.0 Å². The summed E-state index contributed by atoms with van der Waals surface area (Å²) in [5.41, 5.74) is 2.23. The number of carboxylic acids is 1. The number of ether oxygens (including phenoxy) is 1. The molecule has 1 saturated carbocycles. The molecule has 13 nitrogen and oxygen atoms in total. The Labute approximate surface area is 268 Å². The predicted molar refractivity (Wildman–Crippen MR) is 159 cm³/mol. The molecule has 1 aromatic carbocycles. The van der Waals surface area contributed by atoms with Gasteiger partial charge >= 0.3 is 23.9 Å². The van der Waals surface area contributed by atoms with Gasteiger partial charge in [-0.3, -0.25) is 9.69 Å². The number of hydrogen-bond donors (Lipinski definition) is 1. The molecule has 2 aliphatic rings. The van der Waals surface area contributed by atoms with Crippen molar-refractivity contribution >= 4 is 33.2 Å². The molecular weight excluding hydrogens is 653 g/mol. The second kappa shape index (κ2) is 14.4. The summed E-state index contributed by atoms with van der Waals surface area (Å²) in [7, 11) is -0.639. The molecule has 0 spiro atoms. The number of aromatic nitrogens is 3. The van der Waals surface area contributed by atoms with Crippen molar-refractivity contribution in [3.05, 3.63) is 51.1 Å². The molecule has 3 aromatic rings. The van der Waals surface area contributed by atoms with Gasteiger partial charge in [0.1, 0.15) is 10.8 Å². The van der Waals surface area contributed by atoms with Crippen LogP contribution < -0.4 is 4.74 Å². The number of rotatable bonds is 11. The molecule has 0 atom stereocenters. The Hall–Kier alpha value is -3.61. The number of aryl methyl sites for hydroxylation is 2. The van der Waals surface area contributed by atoms with Crippen LogP contribution in [0.5, 0.6) is 5.75 Å². The van der Waals surface area contributed by atoms with Crippen molar-refractivity contribution in [1.29, 1.82) is 0 Å². The summed E-state index contributed by atoms with van der Waals surface area (Å²) in [6.45, 7) is 6.79. The van der Waals surface area contributed by atoms with Crippen molar-refractivity contribution < 1.29 is 45.5 Å². The van der Waals surface area contributed by atoms with E-state index in [0.717, 1.165) is 43.2 Å². The van der Waals surface area contributed by atoms with E-state index in [1.165, 1.54) is 33.4 Å². The van der Waals surface area contributed by atoms with E-state index in [-0.39, 0.29) is 29.2 Å². The van der Waals surface area contributed by atoms with Gasteiger partial charge in [-0.05, 0) is 75.9 Å². The first-order valence-electron chi connectivity index (χ1n) is 14.3. The number of methoxy groups -OCH3 is 1. The molecule has 3 heterocycles. The Morgan fingerprint density at radius 1 is 1.13 bits per heavy atom. The van der Waals surface area contributed by atoms with Gasteiger partial charge in [0, 0.05) is 25.0 Å². The molecule has 5 rings (SSSR count). The molecule has 2 fully saturated rings. The minimum Gasteiger partial charge on any atom is -0.497 e. The maximum atomic E-state index is 13.7. The maximum absolute atomic E-state index is 13.7. The third kappa shape index (κ3) is 8.80. The normalized spacial score (nSPS) is 15.5. The Balaban J connectivity index is 0.000000617. The average molecular weight is 689 g/mol. The monoisotopic (exact) mass is 688 g/mol. The highest BCUT2D eigenvalue weighted by Crippen LogP contribution is 2.36. The minimum absolute atomic E-state index is 0.0786. The molecule has 1 N–H and O–H groups in total. The van der Waals surface area contributed by atoms with Crippen molar-refractivity contribution in [1.82, 2.24) is 29.2 Å². The van der Waals surface area contributed by atoms with E-state index in [1.807, 2.05) is 5.38 Å². The minimum atomic E-state index is -5.08. The second-order valence-electron chi connectivity index (χ2n) is 11.1. The number of nitrogens with zero attached hydrogens (tertiary/aromatic N) is 6. The van der Waals surface area contributed by atoms with Gasteiger partial charge in [0.2, 0.25) is 10.0 Å². The van der Waals surface area contributed by atoms with Gasteiger partial charge in [0.15, 0.2) is 5.82 Å². The number of carbonyl (C=O) groups excluding carboxylic acids is 1. The van der Waals surface area contributed by atoms with Gasteiger partial charge in [-0.15, -0.1) is 11.3 Å². The molecule has 46 heavy (non-hydrogen) atoms. The Bertz CT molecular complexity index is 1630. The summed E-state index contributed by atoms with van der Waals surface area (Å²) in [4.78, 5) is 35.0. The smallest absolute Gasteiger partial charge is 0.490 e. The zero-order valence-electron chi connectivity index (χ0n) is 25.7. The zero-order valence-corrected chi connectivity index (χ0v) is 27.3. The third-order valence-corrected chi connectivity index (χ3v) is 10.4. The van der Waals surface area contributed by atoms with Gasteiger partial charge < -0.3 is 19.3 Å². The summed E-state index contributed by atoms with van der Waals surface area (Å²) in [6.07, 6.45) is -1.11. The number of sulfonamides is 1. The van der Waals surface area contributed by atoms with E-state index in [1.54, 1.807) is 40.1 Å². The van der Waals surface area contributed by atoms with E-state index < -0.39 is 28.1 Å². The first kappa shape index (κ1) is 35.2. The van der Waals surface area contributed by atoms with Crippen LogP contribution in [0, 0.1) is 13.8 Å². The summed E-state index contributed by atoms with van der Waals surface area (Å²) in [6, 6.07) is 3.28. The number of amides is 1. The zero-order chi connectivity index (χ0) is 33.8. The number of thiazole rings is 1. The molecule has 0 radical (unpaired) electrons. The molecule has 0 bridgehead atoms. The van der Waals surface area contributed by atoms with E-state index in [0.29, 0.717) is 23.4 Å². The Kier molecular flexibility index (Phi) is 11.1. The van der Waals surface area contributed by atoms with Crippen LogP contribution in [0.15, 0.2) is 26.9 Å². The quantitative estimate of drug-likeness (QED) is 0.310. The standard InChI is InChI=1S/C26H34N6O5S2.C2HF3O2/c1-17-11-21(36-4)12-18(2)24(17)39(34,35)32(20-7-8-20)14-22-28-25(37-29-22)26(33)30(3)15-23-27-19(16-38-23)13-31-9-5-6-10-31;3-2(4,5)1(6)7/h11-12,16,20H,5-10,13-15H2,1-4H3;(H,6,7).